The molecule has 2 spiro atoms. The van der Waals surface area contributed by atoms with Crippen LogP contribution in [0.4, 0.5) is 11.4 Å². The Morgan fingerprint density at radius 3 is 2.49 bits per heavy atom. The molecule has 10 atom stereocenters. The van der Waals surface area contributed by atoms with Crippen LogP contribution in [0.15, 0.2) is 95.1 Å². The van der Waals surface area contributed by atoms with Crippen molar-refractivity contribution < 1.29 is 14.7 Å². The zero-order valence-corrected chi connectivity index (χ0v) is 28.0. The highest BCUT2D eigenvalue weighted by molar-refractivity contribution is 6.10. The van der Waals surface area contributed by atoms with Gasteiger partial charge < -0.3 is 14.9 Å². The summed E-state index contributed by atoms with van der Waals surface area (Å²) in [6.07, 6.45) is 13.7. The number of nitrogens with zero attached hydrogens (tertiary/aromatic N) is 4. The Kier molecular flexibility index (Phi) is 5.20. The summed E-state index contributed by atoms with van der Waals surface area (Å²) in [7, 11) is 0. The molecule has 8 aliphatic heterocycles. The number of carbonyl (C=O) groups excluding carboxylic acids is 2. The molecule has 2 aromatic rings. The summed E-state index contributed by atoms with van der Waals surface area (Å²) >= 11 is 0. The number of benzene rings is 2. The predicted molar refractivity (Wildman–Crippen MR) is 187 cm³/mol. The minimum absolute atomic E-state index is 0.0119. The van der Waals surface area contributed by atoms with E-state index in [1.54, 1.807) is 0 Å². The number of piperidine rings is 2. The fourth-order valence-electron chi connectivity index (χ4n) is 14.1. The van der Waals surface area contributed by atoms with E-state index < -0.39 is 0 Å². The van der Waals surface area contributed by atoms with E-state index in [1.807, 2.05) is 0 Å². The van der Waals surface area contributed by atoms with Gasteiger partial charge in [0.1, 0.15) is 0 Å². The van der Waals surface area contributed by atoms with Crippen molar-refractivity contribution in [2.45, 2.75) is 80.1 Å². The van der Waals surface area contributed by atoms with E-state index in [4.69, 9.17) is 0 Å². The van der Waals surface area contributed by atoms with Crippen LogP contribution < -0.4 is 9.80 Å². The first kappa shape index (κ1) is 28.0. The van der Waals surface area contributed by atoms with Crippen molar-refractivity contribution in [1.29, 1.82) is 0 Å². The zero-order valence-electron chi connectivity index (χ0n) is 28.0. The van der Waals surface area contributed by atoms with E-state index in [0.717, 1.165) is 62.3 Å². The molecule has 12 rings (SSSR count). The number of para-hydroxylation sites is 2. The van der Waals surface area contributed by atoms with Gasteiger partial charge >= 0.3 is 0 Å². The summed E-state index contributed by atoms with van der Waals surface area (Å²) in [5.41, 5.74) is 9.80. The summed E-state index contributed by atoms with van der Waals surface area (Å²) < 4.78 is 0. The van der Waals surface area contributed by atoms with Crippen molar-refractivity contribution in [3.63, 3.8) is 0 Å². The van der Waals surface area contributed by atoms with Gasteiger partial charge in [0.15, 0.2) is 0 Å². The summed E-state index contributed by atoms with van der Waals surface area (Å²) in [4.78, 5) is 39.1. The molecule has 4 saturated heterocycles. The number of aliphatic hydroxyl groups is 1. The first-order valence-electron chi connectivity index (χ1n) is 18.7. The van der Waals surface area contributed by atoms with Gasteiger partial charge in [0.05, 0.1) is 18.7 Å². The molecule has 7 nitrogen and oxygen atoms in total. The molecule has 2 aromatic carbocycles. The van der Waals surface area contributed by atoms with Crippen molar-refractivity contribution in [2.24, 2.45) is 17.8 Å². The first-order valence-corrected chi connectivity index (χ1v) is 18.7. The van der Waals surface area contributed by atoms with Crippen LogP contribution in [0.2, 0.25) is 0 Å². The van der Waals surface area contributed by atoms with E-state index in [0.29, 0.717) is 24.3 Å². The molecule has 10 aliphatic rings. The summed E-state index contributed by atoms with van der Waals surface area (Å²) in [6, 6.07) is 18.3. The quantitative estimate of drug-likeness (QED) is 0.481. The molecular formula is C42H42N4O3. The van der Waals surface area contributed by atoms with Gasteiger partial charge in [-0.2, -0.15) is 0 Å². The topological polar surface area (TPSA) is 67.3 Å². The van der Waals surface area contributed by atoms with Crippen molar-refractivity contribution in [3.05, 3.63) is 106 Å². The summed E-state index contributed by atoms with van der Waals surface area (Å²) in [6.45, 7) is 5.07. The highest BCUT2D eigenvalue weighted by Gasteiger charge is 2.72. The second kappa shape index (κ2) is 9.11. The third-order valence-electron chi connectivity index (χ3n) is 15.5. The van der Waals surface area contributed by atoms with Crippen LogP contribution in [-0.2, 0) is 20.4 Å². The third-order valence-corrected chi connectivity index (χ3v) is 15.5. The number of rotatable bonds is 2. The number of hydrogen-bond donors (Lipinski definition) is 1. The monoisotopic (exact) mass is 650 g/mol. The molecule has 2 amide bonds. The number of aliphatic hydroxyl groups excluding tert-OH is 1. The van der Waals surface area contributed by atoms with Gasteiger partial charge in [0.2, 0.25) is 5.91 Å². The molecular weight excluding hydrogens is 608 g/mol. The molecule has 4 bridgehead atoms. The van der Waals surface area contributed by atoms with Gasteiger partial charge in [0.25, 0.3) is 5.91 Å². The third kappa shape index (κ3) is 2.96. The van der Waals surface area contributed by atoms with E-state index in [9.17, 15) is 9.90 Å². The van der Waals surface area contributed by atoms with Crippen LogP contribution in [0, 0.1) is 17.8 Å². The number of anilines is 2. The van der Waals surface area contributed by atoms with Crippen LogP contribution in [0.25, 0.3) is 0 Å². The van der Waals surface area contributed by atoms with Crippen LogP contribution in [0.1, 0.15) is 50.2 Å². The minimum atomic E-state index is -0.239. The number of carbonyl (C=O) groups is 2. The Morgan fingerprint density at radius 1 is 0.918 bits per heavy atom. The lowest BCUT2D eigenvalue weighted by molar-refractivity contribution is -0.119. The molecule has 0 aromatic heterocycles. The zero-order chi connectivity index (χ0) is 32.6. The summed E-state index contributed by atoms with van der Waals surface area (Å²) in [5, 5.41) is 10.2. The maximum Gasteiger partial charge on any atom is 0.255 e. The smallest absolute Gasteiger partial charge is 0.255 e. The maximum atomic E-state index is 15.5. The molecule has 0 unspecified atom stereocenters. The molecule has 2 saturated carbocycles. The maximum absolute atomic E-state index is 15.5. The van der Waals surface area contributed by atoms with Gasteiger partial charge in [-0.1, -0.05) is 71.8 Å². The molecule has 49 heavy (non-hydrogen) atoms. The molecule has 7 heteroatoms. The van der Waals surface area contributed by atoms with Crippen LogP contribution in [0.5, 0.6) is 0 Å². The van der Waals surface area contributed by atoms with Crippen LogP contribution >= 0.6 is 0 Å². The average molecular weight is 651 g/mol. The Morgan fingerprint density at radius 2 is 1.69 bits per heavy atom. The second-order valence-electron chi connectivity index (χ2n) is 16.6. The van der Waals surface area contributed by atoms with E-state index in [1.165, 1.54) is 27.8 Å². The SMILES string of the molecule is C/C=C1/CN2[C@@H](C3=C[C@@H]4[C@@H]5N(C3=O)c3ccccc3[C@@]53CCN5C/C(=C\CO)[C@@H]4C[C@H]53)C[C@@]34c5ccccc5N5C(=O)CC=C([C@H]1C[C@H]23)[C@H]54. The fourth-order valence-corrected chi connectivity index (χ4v) is 14.1. The normalized spacial score (nSPS) is 43.5. The predicted octanol–water partition coefficient (Wildman–Crippen LogP) is 4.63. The molecule has 0 radical (unpaired) electrons. The van der Waals surface area contributed by atoms with Gasteiger partial charge in [-0.3, -0.25) is 19.4 Å². The van der Waals surface area contributed by atoms with Crippen LogP contribution in [-0.4, -0.2) is 83.2 Å². The Hall–Kier alpha value is -3.78. The molecule has 8 heterocycles. The lowest BCUT2D eigenvalue weighted by Gasteiger charge is -2.57. The number of amides is 2. The molecule has 1 N–H and O–H groups in total. The van der Waals surface area contributed by atoms with Crippen molar-refractivity contribution in [3.8, 4) is 0 Å². The number of allylic oxidation sites excluding steroid dienone is 1. The Bertz CT molecular complexity index is 2050. The van der Waals surface area contributed by atoms with E-state index >= 15 is 4.79 Å². The highest BCUT2D eigenvalue weighted by atomic mass is 16.2. The average Bonchev–Trinajstić information content (AvgIpc) is 3.86. The number of fused-ring (bicyclic) bond motifs is 8. The summed E-state index contributed by atoms with van der Waals surface area (Å²) in [5.74, 6) is 1.27. The fraction of sp³-hybridized carbons (Fsp3) is 0.476. The van der Waals surface area contributed by atoms with Gasteiger partial charge in [-0.05, 0) is 73.9 Å². The van der Waals surface area contributed by atoms with Gasteiger partial charge in [-0.15, -0.1) is 0 Å². The molecule has 6 fully saturated rings. The van der Waals surface area contributed by atoms with Gasteiger partial charge in [-0.25, -0.2) is 0 Å². The Balaban J connectivity index is 1.07. The van der Waals surface area contributed by atoms with Crippen LogP contribution in [0.3, 0.4) is 0 Å². The Labute approximate surface area is 287 Å². The minimum Gasteiger partial charge on any atom is -0.392 e. The highest BCUT2D eigenvalue weighted by Crippen LogP contribution is 2.68. The van der Waals surface area contributed by atoms with E-state index in [2.05, 4.69) is 99.4 Å². The second-order valence-corrected chi connectivity index (χ2v) is 16.6. The lowest BCUT2D eigenvalue weighted by atomic mass is 9.54. The van der Waals surface area contributed by atoms with Crippen molar-refractivity contribution >= 4 is 23.2 Å². The first-order chi connectivity index (χ1) is 24.0. The lowest BCUT2D eigenvalue weighted by Crippen LogP contribution is -2.66. The standard InChI is InChI=1S/C42H42N4O3/c1-2-23-22-44-34(20-42-31-8-4-5-9-32(31)45-37(48)12-11-25(38(42)45)26(23)19-36(42)44)29-17-28-27-18-35-41(14-15-43(35)21-24(27)13-16-47)30-7-3-6-10-33(30)46(39(28)41)40(29)49/h2-11,13,17,26-28,34-36,38-39,47H,12,14-16,18-22H2,1H3/b23-2-,24-13+/t26-,27-,28-,34+,35-,36-,38-,39-,41+,42+/m0/s1. The largest absolute Gasteiger partial charge is 0.392 e. The number of hydrogen-bond acceptors (Lipinski definition) is 5. The molecule has 248 valence electrons. The van der Waals surface area contributed by atoms with E-state index in [-0.39, 0.29) is 59.3 Å². The van der Waals surface area contributed by atoms with Crippen molar-refractivity contribution in [2.75, 3.05) is 36.0 Å². The van der Waals surface area contributed by atoms with Gasteiger partial charge in [0, 0.05) is 77.2 Å². The molecule has 2 aliphatic carbocycles. The van der Waals surface area contributed by atoms with Crippen molar-refractivity contribution in [1.82, 2.24) is 9.80 Å².